The van der Waals surface area contributed by atoms with E-state index >= 15 is 0 Å². The van der Waals surface area contributed by atoms with Crippen LogP contribution in [0.15, 0.2) is 9.41 Å². The van der Waals surface area contributed by atoms with E-state index in [2.05, 4.69) is 25.4 Å². The molecule has 7 heteroatoms. The fourth-order valence-electron chi connectivity index (χ4n) is 3.39. The highest BCUT2D eigenvalue weighted by atomic mass is 16.5. The summed E-state index contributed by atoms with van der Waals surface area (Å²) in [7, 11) is 0. The summed E-state index contributed by atoms with van der Waals surface area (Å²) in [4.78, 5) is 6.93. The Balaban J connectivity index is 1.47. The number of hydrogen-bond donors (Lipinski definition) is 1. The number of piperidine rings is 3. The van der Waals surface area contributed by atoms with E-state index in [-0.39, 0.29) is 5.60 Å². The highest BCUT2D eigenvalue weighted by molar-refractivity contribution is 5.88. The lowest BCUT2D eigenvalue weighted by atomic mass is 9.75. The lowest BCUT2D eigenvalue weighted by Gasteiger charge is -2.50. The Bertz CT molecular complexity index is 520. The normalized spacial score (nSPS) is 36.4. The molecule has 0 radical (unpaired) electrons. The summed E-state index contributed by atoms with van der Waals surface area (Å²) in [5, 5.41) is 10.6. The van der Waals surface area contributed by atoms with E-state index in [1.165, 1.54) is 25.9 Å². The summed E-state index contributed by atoms with van der Waals surface area (Å²) in [6, 6.07) is 0.854. The van der Waals surface area contributed by atoms with E-state index in [4.69, 9.17) is 9.15 Å². The van der Waals surface area contributed by atoms with Crippen LogP contribution in [0, 0.1) is 12.8 Å². The van der Waals surface area contributed by atoms with Crippen LogP contribution >= 0.6 is 0 Å². The first-order chi connectivity index (χ1) is 9.23. The summed E-state index contributed by atoms with van der Waals surface area (Å²) in [5.41, 5.74) is -0.131. The molecule has 1 atom stereocenters. The molecule has 0 amide bonds. The first-order valence-corrected chi connectivity index (χ1v) is 6.76. The first-order valence-electron chi connectivity index (χ1n) is 6.76. The van der Waals surface area contributed by atoms with Crippen LogP contribution in [0.2, 0.25) is 0 Å². The Hall–Kier alpha value is -1.63. The zero-order chi connectivity index (χ0) is 12.9. The van der Waals surface area contributed by atoms with E-state index in [9.17, 15) is 0 Å². The summed E-state index contributed by atoms with van der Waals surface area (Å²) in [5.74, 6) is 1.14. The number of ether oxygens (including phenoxy) is 1. The Morgan fingerprint density at radius 3 is 2.79 bits per heavy atom. The second-order valence-corrected chi connectivity index (χ2v) is 5.59. The monoisotopic (exact) mass is 263 g/mol. The molecular weight excluding hydrogens is 246 g/mol. The molecule has 1 N–H and O–H groups in total. The smallest absolute Gasteiger partial charge is 0.323 e. The van der Waals surface area contributed by atoms with Crippen molar-refractivity contribution in [3.8, 4) is 0 Å². The zero-order valence-electron chi connectivity index (χ0n) is 10.9. The second-order valence-electron chi connectivity index (χ2n) is 5.59. The van der Waals surface area contributed by atoms with E-state index in [0.717, 1.165) is 13.1 Å². The molecule has 1 unspecified atom stereocenters. The zero-order valence-corrected chi connectivity index (χ0v) is 10.9. The molecule has 102 valence electrons. The molecule has 1 aromatic rings. The van der Waals surface area contributed by atoms with Crippen LogP contribution in [0.5, 0.6) is 0 Å². The molecule has 4 aliphatic heterocycles. The number of aromatic nitrogens is 2. The van der Waals surface area contributed by atoms with Gasteiger partial charge < -0.3 is 9.15 Å². The minimum Gasteiger partial charge on any atom is -0.455 e. The quantitative estimate of drug-likeness (QED) is 0.801. The van der Waals surface area contributed by atoms with Crippen molar-refractivity contribution in [1.29, 1.82) is 0 Å². The maximum atomic E-state index is 6.11. The first kappa shape index (κ1) is 11.2. The van der Waals surface area contributed by atoms with Crippen LogP contribution in [-0.4, -0.2) is 52.9 Å². The number of aliphatic imine (C=N–C) groups is 1. The van der Waals surface area contributed by atoms with Gasteiger partial charge in [-0.15, -0.1) is 5.10 Å². The lowest BCUT2D eigenvalue weighted by molar-refractivity contribution is -0.0829. The average Bonchev–Trinajstić information content (AvgIpc) is 2.99. The van der Waals surface area contributed by atoms with Crippen molar-refractivity contribution in [1.82, 2.24) is 15.1 Å². The van der Waals surface area contributed by atoms with Crippen molar-refractivity contribution in [2.24, 2.45) is 10.9 Å². The third-order valence-corrected chi connectivity index (χ3v) is 4.35. The van der Waals surface area contributed by atoms with Gasteiger partial charge in [0.25, 0.3) is 6.02 Å². The number of rotatable bonds is 1. The Kier molecular flexibility index (Phi) is 2.32. The van der Waals surface area contributed by atoms with Crippen molar-refractivity contribution in [2.45, 2.75) is 25.4 Å². The topological polar surface area (TPSA) is 75.8 Å². The lowest BCUT2D eigenvalue weighted by Crippen LogP contribution is -2.61. The van der Waals surface area contributed by atoms with Crippen molar-refractivity contribution in [3.05, 3.63) is 5.89 Å². The molecule has 2 bridgehead atoms. The Morgan fingerprint density at radius 2 is 2.16 bits per heavy atom. The van der Waals surface area contributed by atoms with Gasteiger partial charge in [-0.25, -0.2) is 4.99 Å². The van der Waals surface area contributed by atoms with Gasteiger partial charge in [0.05, 0.1) is 6.54 Å². The standard InChI is InChI=1S/C12H17N5O2/c1-8-15-16-11(18-8)14-10-13-6-12(19-10)7-17-4-2-9(12)3-5-17/h9H,2-7H2,1H3,(H,13,14,16). The van der Waals surface area contributed by atoms with Crippen molar-refractivity contribution in [3.63, 3.8) is 0 Å². The number of hydrogen-bond acceptors (Lipinski definition) is 7. The summed E-state index contributed by atoms with van der Waals surface area (Å²) < 4.78 is 11.4. The maximum Gasteiger partial charge on any atom is 0.323 e. The third kappa shape index (κ3) is 1.80. The van der Waals surface area contributed by atoms with E-state index in [1.807, 2.05) is 0 Å². The fourth-order valence-corrected chi connectivity index (χ4v) is 3.39. The number of nitrogens with one attached hydrogen (secondary N) is 1. The molecule has 0 aliphatic carbocycles. The molecule has 1 spiro atoms. The highest BCUT2D eigenvalue weighted by Crippen LogP contribution is 2.40. The van der Waals surface area contributed by atoms with Gasteiger partial charge in [0.15, 0.2) is 0 Å². The van der Waals surface area contributed by atoms with Crippen molar-refractivity contribution >= 4 is 12.0 Å². The molecule has 5 rings (SSSR count). The van der Waals surface area contributed by atoms with Crippen molar-refractivity contribution in [2.75, 3.05) is 31.5 Å². The van der Waals surface area contributed by atoms with Crippen LogP contribution in [0.4, 0.5) is 6.01 Å². The second kappa shape index (κ2) is 3.93. The van der Waals surface area contributed by atoms with Gasteiger partial charge in [-0.2, -0.15) is 0 Å². The molecule has 7 nitrogen and oxygen atoms in total. The van der Waals surface area contributed by atoms with E-state index < -0.39 is 0 Å². The Morgan fingerprint density at radius 1 is 1.32 bits per heavy atom. The van der Waals surface area contributed by atoms with Crippen LogP contribution in [0.1, 0.15) is 18.7 Å². The van der Waals surface area contributed by atoms with Crippen LogP contribution in [0.25, 0.3) is 0 Å². The number of amidine groups is 1. The molecule has 0 aromatic carbocycles. The molecule has 4 aliphatic rings. The van der Waals surface area contributed by atoms with Gasteiger partial charge in [-0.1, -0.05) is 5.10 Å². The number of aryl methyl sites for hydroxylation is 1. The van der Waals surface area contributed by atoms with Gasteiger partial charge in [0, 0.05) is 19.4 Å². The molecule has 5 heterocycles. The Labute approximate surface area is 111 Å². The van der Waals surface area contributed by atoms with E-state index in [0.29, 0.717) is 23.8 Å². The number of anilines is 1. The molecule has 1 aromatic heterocycles. The van der Waals surface area contributed by atoms with Crippen LogP contribution < -0.4 is 5.32 Å². The van der Waals surface area contributed by atoms with E-state index in [1.54, 1.807) is 6.92 Å². The molecule has 3 fully saturated rings. The maximum absolute atomic E-state index is 6.11. The summed E-state index contributed by atoms with van der Waals surface area (Å²) in [6.07, 6.45) is 2.42. The number of nitrogens with zero attached hydrogens (tertiary/aromatic N) is 4. The average molecular weight is 263 g/mol. The summed E-state index contributed by atoms with van der Waals surface area (Å²) in [6.45, 7) is 5.85. The van der Waals surface area contributed by atoms with Gasteiger partial charge in [0.2, 0.25) is 5.89 Å². The highest BCUT2D eigenvalue weighted by Gasteiger charge is 2.51. The molecule has 0 saturated carbocycles. The number of fused-ring (bicyclic) bond motifs is 2. The molecule has 3 saturated heterocycles. The van der Waals surface area contributed by atoms with Gasteiger partial charge in [-0.3, -0.25) is 10.2 Å². The molecule has 19 heavy (non-hydrogen) atoms. The van der Waals surface area contributed by atoms with Crippen molar-refractivity contribution < 1.29 is 9.15 Å². The fraction of sp³-hybridized carbons (Fsp3) is 0.750. The minimum absolute atomic E-state index is 0.131. The third-order valence-electron chi connectivity index (χ3n) is 4.35. The van der Waals surface area contributed by atoms with Gasteiger partial charge >= 0.3 is 6.01 Å². The minimum atomic E-state index is -0.131. The predicted octanol–water partition coefficient (Wildman–Crippen LogP) is 0.641. The largest absolute Gasteiger partial charge is 0.455 e. The SMILES string of the molecule is Cc1nnc(NC2=NCC3(CN4CCC3CC4)O2)o1. The van der Waals surface area contributed by atoms with Crippen LogP contribution in [0.3, 0.4) is 0 Å². The molecular formula is C12H17N5O2. The summed E-state index contributed by atoms with van der Waals surface area (Å²) >= 11 is 0. The van der Waals surface area contributed by atoms with Gasteiger partial charge in [-0.05, 0) is 25.9 Å². The van der Waals surface area contributed by atoms with Gasteiger partial charge in [0.1, 0.15) is 5.60 Å². The predicted molar refractivity (Wildman–Crippen MR) is 67.9 cm³/mol. The van der Waals surface area contributed by atoms with Crippen LogP contribution in [-0.2, 0) is 4.74 Å².